The molecule has 2 unspecified atom stereocenters. The van der Waals surface area contributed by atoms with Crippen molar-refractivity contribution < 1.29 is 14.6 Å². The van der Waals surface area contributed by atoms with Crippen LogP contribution in [0.2, 0.25) is 0 Å². The van der Waals surface area contributed by atoms with Gasteiger partial charge in [0.1, 0.15) is 0 Å². The van der Waals surface area contributed by atoms with E-state index in [1.807, 2.05) is 13.8 Å². The second-order valence-corrected chi connectivity index (χ2v) is 5.25. The summed E-state index contributed by atoms with van der Waals surface area (Å²) in [5.74, 6) is -0.330. The molecule has 0 aromatic carbocycles. The molecule has 3 fully saturated rings. The average Bonchev–Trinajstić information content (AvgIpc) is 2.31. The summed E-state index contributed by atoms with van der Waals surface area (Å²) in [7, 11) is 0. The van der Waals surface area contributed by atoms with Crippen LogP contribution in [-0.2, 0) is 9.53 Å². The summed E-state index contributed by atoms with van der Waals surface area (Å²) in [6, 6.07) is 0. The maximum Gasteiger partial charge on any atom is 0.311 e. The van der Waals surface area contributed by atoms with Gasteiger partial charge in [0.05, 0.1) is 18.1 Å². The smallest absolute Gasteiger partial charge is 0.311 e. The van der Waals surface area contributed by atoms with E-state index >= 15 is 0 Å². The quantitative estimate of drug-likeness (QED) is 0.747. The number of nitrogens with zero attached hydrogens (tertiary/aromatic N) is 1. The largest absolute Gasteiger partial charge is 0.466 e. The van der Waals surface area contributed by atoms with Crippen LogP contribution in [-0.4, -0.2) is 47.8 Å². The van der Waals surface area contributed by atoms with Gasteiger partial charge >= 0.3 is 5.97 Å². The van der Waals surface area contributed by atoms with Crippen molar-refractivity contribution >= 4 is 5.97 Å². The Morgan fingerprint density at radius 3 is 2.53 bits per heavy atom. The molecule has 3 saturated heterocycles. The molecule has 0 radical (unpaired) electrons. The summed E-state index contributed by atoms with van der Waals surface area (Å²) in [6.07, 6.45) is 2.67. The van der Waals surface area contributed by atoms with Crippen LogP contribution in [0, 0.1) is 11.8 Å². The molecule has 0 spiro atoms. The zero-order chi connectivity index (χ0) is 12.5. The molecular weight excluding hydrogens is 218 g/mol. The Kier molecular flexibility index (Phi) is 3.73. The van der Waals surface area contributed by atoms with Crippen LogP contribution in [0.25, 0.3) is 0 Å². The van der Waals surface area contributed by atoms with E-state index in [1.165, 1.54) is 0 Å². The van der Waals surface area contributed by atoms with Crippen LogP contribution in [0.4, 0.5) is 0 Å². The fourth-order valence-corrected chi connectivity index (χ4v) is 3.44. The SMILES string of the molecule is CCOC(=O)C(CC)C1(O)CN2CCC1CC2. The fraction of sp³-hybridized carbons (Fsp3) is 0.923. The summed E-state index contributed by atoms with van der Waals surface area (Å²) < 4.78 is 5.10. The number of carbonyl (C=O) groups excluding carboxylic acids is 1. The predicted octanol–water partition coefficient (Wildman–Crippen LogP) is 1.03. The molecule has 2 bridgehead atoms. The molecule has 98 valence electrons. The van der Waals surface area contributed by atoms with Gasteiger partial charge in [-0.15, -0.1) is 0 Å². The maximum atomic E-state index is 12.0. The number of carbonyl (C=O) groups is 1. The first kappa shape index (κ1) is 12.8. The monoisotopic (exact) mass is 241 g/mol. The summed E-state index contributed by atoms with van der Waals surface area (Å²) >= 11 is 0. The molecule has 17 heavy (non-hydrogen) atoms. The second kappa shape index (κ2) is 4.94. The Bertz CT molecular complexity index is 286. The Morgan fingerprint density at radius 1 is 1.47 bits per heavy atom. The van der Waals surface area contributed by atoms with Crippen LogP contribution < -0.4 is 0 Å². The minimum atomic E-state index is -0.864. The van der Waals surface area contributed by atoms with Crippen molar-refractivity contribution in [3.05, 3.63) is 0 Å². The van der Waals surface area contributed by atoms with Crippen molar-refractivity contribution in [3.8, 4) is 0 Å². The standard InChI is InChI=1S/C13H23NO3/c1-3-11(12(15)17-4-2)13(16)9-14-7-5-10(13)6-8-14/h10-11,16H,3-9H2,1-2H3. The molecular formula is C13H23NO3. The highest BCUT2D eigenvalue weighted by molar-refractivity contribution is 5.74. The van der Waals surface area contributed by atoms with Crippen molar-refractivity contribution in [1.82, 2.24) is 4.90 Å². The van der Waals surface area contributed by atoms with Gasteiger partial charge in [-0.25, -0.2) is 0 Å². The third kappa shape index (κ3) is 2.20. The zero-order valence-corrected chi connectivity index (χ0v) is 10.8. The van der Waals surface area contributed by atoms with Crippen LogP contribution in [0.1, 0.15) is 33.1 Å². The Hall–Kier alpha value is -0.610. The minimum Gasteiger partial charge on any atom is -0.466 e. The third-order valence-corrected chi connectivity index (χ3v) is 4.35. The molecule has 2 atom stereocenters. The number of fused-ring (bicyclic) bond motifs is 3. The molecule has 3 heterocycles. The number of hydrogen-bond acceptors (Lipinski definition) is 4. The molecule has 0 amide bonds. The third-order valence-electron chi connectivity index (χ3n) is 4.35. The number of esters is 1. The molecule has 3 aliphatic heterocycles. The molecule has 1 N–H and O–H groups in total. The number of rotatable bonds is 4. The van der Waals surface area contributed by atoms with E-state index in [0.29, 0.717) is 19.6 Å². The van der Waals surface area contributed by atoms with Gasteiger partial charge in [-0.1, -0.05) is 6.92 Å². The highest BCUT2D eigenvalue weighted by Gasteiger charge is 2.52. The van der Waals surface area contributed by atoms with Crippen LogP contribution in [0.3, 0.4) is 0 Å². The first-order chi connectivity index (χ1) is 8.11. The Labute approximate surface area is 103 Å². The molecule has 3 aliphatic rings. The van der Waals surface area contributed by atoms with Crippen LogP contribution >= 0.6 is 0 Å². The van der Waals surface area contributed by atoms with Gasteiger partial charge in [0, 0.05) is 6.54 Å². The van der Waals surface area contributed by atoms with Gasteiger partial charge in [-0.2, -0.15) is 0 Å². The highest BCUT2D eigenvalue weighted by atomic mass is 16.5. The molecule has 0 aromatic heterocycles. The van der Waals surface area contributed by atoms with Gasteiger partial charge in [0.15, 0.2) is 0 Å². The van der Waals surface area contributed by atoms with Crippen molar-refractivity contribution in [2.75, 3.05) is 26.2 Å². The zero-order valence-electron chi connectivity index (χ0n) is 10.8. The van der Waals surface area contributed by atoms with E-state index < -0.39 is 5.60 Å². The Morgan fingerprint density at radius 2 is 2.12 bits per heavy atom. The van der Waals surface area contributed by atoms with E-state index in [-0.39, 0.29) is 17.8 Å². The van der Waals surface area contributed by atoms with E-state index in [2.05, 4.69) is 4.90 Å². The molecule has 4 nitrogen and oxygen atoms in total. The molecule has 0 aromatic rings. The average molecular weight is 241 g/mol. The maximum absolute atomic E-state index is 12.0. The van der Waals surface area contributed by atoms with E-state index in [4.69, 9.17) is 4.74 Å². The minimum absolute atomic E-state index is 0.230. The van der Waals surface area contributed by atoms with E-state index in [9.17, 15) is 9.90 Å². The summed E-state index contributed by atoms with van der Waals surface area (Å²) in [5.41, 5.74) is -0.864. The number of ether oxygens (including phenoxy) is 1. The van der Waals surface area contributed by atoms with Crippen molar-refractivity contribution in [2.24, 2.45) is 11.8 Å². The van der Waals surface area contributed by atoms with Crippen molar-refractivity contribution in [2.45, 2.75) is 38.7 Å². The lowest BCUT2D eigenvalue weighted by molar-refractivity contribution is -0.180. The normalized spacial score (nSPS) is 37.8. The summed E-state index contributed by atoms with van der Waals surface area (Å²) in [4.78, 5) is 14.2. The van der Waals surface area contributed by atoms with Crippen molar-refractivity contribution in [3.63, 3.8) is 0 Å². The fourth-order valence-electron chi connectivity index (χ4n) is 3.44. The number of hydrogen-bond donors (Lipinski definition) is 1. The number of piperidine rings is 3. The molecule has 3 rings (SSSR count). The van der Waals surface area contributed by atoms with Crippen LogP contribution in [0.5, 0.6) is 0 Å². The topological polar surface area (TPSA) is 49.8 Å². The highest BCUT2D eigenvalue weighted by Crippen LogP contribution is 2.41. The number of aliphatic hydroxyl groups is 1. The summed E-state index contributed by atoms with van der Waals surface area (Å²) in [6.45, 7) is 6.91. The van der Waals surface area contributed by atoms with Crippen LogP contribution in [0.15, 0.2) is 0 Å². The van der Waals surface area contributed by atoms with Gasteiger partial charge in [-0.05, 0) is 45.2 Å². The first-order valence-corrected chi connectivity index (χ1v) is 6.73. The lowest BCUT2D eigenvalue weighted by atomic mass is 9.68. The van der Waals surface area contributed by atoms with Gasteiger partial charge in [0.2, 0.25) is 0 Å². The Balaban J connectivity index is 2.15. The van der Waals surface area contributed by atoms with Gasteiger partial charge < -0.3 is 14.7 Å². The van der Waals surface area contributed by atoms with Gasteiger partial charge in [0.25, 0.3) is 0 Å². The van der Waals surface area contributed by atoms with E-state index in [0.717, 1.165) is 25.9 Å². The second-order valence-electron chi connectivity index (χ2n) is 5.25. The molecule has 0 saturated carbocycles. The van der Waals surface area contributed by atoms with Gasteiger partial charge in [-0.3, -0.25) is 4.79 Å². The molecule has 0 aliphatic carbocycles. The lowest BCUT2D eigenvalue weighted by Crippen LogP contribution is -2.63. The first-order valence-electron chi connectivity index (χ1n) is 6.73. The van der Waals surface area contributed by atoms with E-state index in [1.54, 1.807) is 0 Å². The predicted molar refractivity (Wildman–Crippen MR) is 64.5 cm³/mol. The van der Waals surface area contributed by atoms with Crippen molar-refractivity contribution in [1.29, 1.82) is 0 Å². The summed E-state index contributed by atoms with van der Waals surface area (Å²) in [5, 5.41) is 10.9. The lowest BCUT2D eigenvalue weighted by Gasteiger charge is -2.52. The molecule has 4 heteroatoms.